The molecule has 0 spiro atoms. The molecule has 0 radical (unpaired) electrons. The van der Waals surface area contributed by atoms with Gasteiger partial charge in [-0.25, -0.2) is 0 Å². The lowest BCUT2D eigenvalue weighted by molar-refractivity contribution is -0.490. The van der Waals surface area contributed by atoms with E-state index in [0.29, 0.717) is 125 Å². The Morgan fingerprint density at radius 1 is 0.455 bits per heavy atom. The number of allylic oxidation sites excluding steroid dienone is 2. The average Bonchev–Trinajstić information content (AvgIpc) is 1.49. The summed E-state index contributed by atoms with van der Waals surface area (Å²) in [4.78, 5) is 84.7. The molecule has 1 aromatic rings. The summed E-state index contributed by atoms with van der Waals surface area (Å²) in [6.07, 6.45) is 39.6. The van der Waals surface area contributed by atoms with Gasteiger partial charge in [-0.2, -0.15) is 10.4 Å². The van der Waals surface area contributed by atoms with Gasteiger partial charge in [-0.3, -0.25) is 54.2 Å². The van der Waals surface area contributed by atoms with Crippen molar-refractivity contribution < 1.29 is 54.4 Å². The van der Waals surface area contributed by atoms with Crippen LogP contribution >= 0.6 is 15.9 Å². The molecule has 1 aromatic heterocycles. The first kappa shape index (κ1) is 84.1. The minimum absolute atomic E-state index is 0.00165. The van der Waals surface area contributed by atoms with Gasteiger partial charge in [0, 0.05) is 62.4 Å². The number of rotatable bonds is 13. The zero-order chi connectivity index (χ0) is 80.5. The summed E-state index contributed by atoms with van der Waals surface area (Å²) >= 11 is 3.35. The van der Waals surface area contributed by atoms with E-state index in [4.69, 9.17) is 5.26 Å². The summed E-state index contributed by atoms with van der Waals surface area (Å²) in [5.74, 6) is 12.4. The Morgan fingerprint density at radius 2 is 0.786 bits per heavy atom. The highest BCUT2D eigenvalue weighted by molar-refractivity contribution is 9.09. The van der Waals surface area contributed by atoms with Crippen LogP contribution < -0.4 is 0 Å². The third kappa shape index (κ3) is 15.9. The van der Waals surface area contributed by atoms with Gasteiger partial charge in [0.05, 0.1) is 46.0 Å². The van der Waals surface area contributed by atoms with Gasteiger partial charge in [-0.05, 0) is 381 Å². The number of halogens is 1. The van der Waals surface area contributed by atoms with Crippen LogP contribution in [-0.2, 0) is 25.7 Å². The number of alkyl halides is 1. The number of nitriles is 1. The maximum Gasteiger partial charge on any atom is 0.207 e. The fraction of sp³-hybridized carbons (Fsp3) is 0.890. The molecule has 1 heterocycles. The zero-order valence-electron chi connectivity index (χ0n) is 69.3. The zero-order valence-corrected chi connectivity index (χ0v) is 70.9. The number of carbonyl (C=O) groups excluding carboxylic acids is 4. The first-order valence-corrected chi connectivity index (χ1v) is 45.8. The number of aliphatic hydroxyl groups is 4. The highest BCUT2D eigenvalue weighted by Gasteiger charge is 2.67. The number of aromatic nitrogens is 2. The van der Waals surface area contributed by atoms with Gasteiger partial charge >= 0.3 is 0 Å². The first-order chi connectivity index (χ1) is 52.7. The topological polar surface area (TPSA) is 320 Å². The van der Waals surface area contributed by atoms with Crippen molar-refractivity contribution in [2.75, 3.05) is 25.0 Å². The van der Waals surface area contributed by atoms with Crippen molar-refractivity contribution in [1.82, 2.24) is 9.78 Å². The van der Waals surface area contributed by atoms with Crippen molar-refractivity contribution >= 4 is 39.1 Å². The van der Waals surface area contributed by atoms with Crippen LogP contribution in [0.3, 0.4) is 0 Å². The van der Waals surface area contributed by atoms with E-state index in [-0.39, 0.29) is 127 Å². The SMILES string of the molecule is CC(=O)[C@H]1C=C[C@H]2[C@@H]3CC[C@@H]4C[C@](C)(O)CC[C@@H]4[C@H]3CC[C@]12C.CC(=O)[C@H]1CC(C[N+](=O)[O-])[C@H]2[C@@H]3CC[C@@H]4C[C@](C)(O)CC[C@@H]4[C@H]3CC[C@]12C.C[C@@]1(O)CC[C@H]2[C@H](CC[C@@H]3[C@@H]2CC[C@]2(C)[C@@H](C(=O)CBr)CC(C[N+](=O)[O-])[C@@H]32)C1.C[C@@]1(O)CC[C@H]2[C@H](CC[C@@H]3[C@@H]2CC[C@]2(C)[C@@H](C(=O)Cn4cc(C#N)cn4)CC(C[N+](=O)[O-])[C@@H]32)C1. The smallest absolute Gasteiger partial charge is 0.207 e. The molecular weight excluding hydrogens is 1480 g/mol. The number of nitrogens with zero attached hydrogens (tertiary/aromatic N) is 6. The van der Waals surface area contributed by atoms with E-state index < -0.39 is 22.4 Å². The molecule has 15 fully saturated rings. The first-order valence-electron chi connectivity index (χ1n) is 44.7. The van der Waals surface area contributed by atoms with Crippen LogP contribution in [0.4, 0.5) is 0 Å². The fourth-order valence-electron chi connectivity index (χ4n) is 32.9. The lowest BCUT2D eigenvalue weighted by Gasteiger charge is -2.57. The maximum absolute atomic E-state index is 13.5. The van der Waals surface area contributed by atoms with Gasteiger partial charge in [-0.15, -0.1) is 0 Å². The van der Waals surface area contributed by atoms with Gasteiger partial charge in [0.25, 0.3) is 0 Å². The van der Waals surface area contributed by atoms with Crippen molar-refractivity contribution in [3.63, 3.8) is 0 Å². The highest BCUT2D eigenvalue weighted by atomic mass is 79.9. The Balaban J connectivity index is 0.000000125. The summed E-state index contributed by atoms with van der Waals surface area (Å²) in [5.41, 5.74) is -1.78. The molecule has 20 nitrogen and oxygen atoms in total. The van der Waals surface area contributed by atoms with Crippen LogP contribution in [0.15, 0.2) is 24.5 Å². The summed E-state index contributed by atoms with van der Waals surface area (Å²) in [6, 6.07) is 2.05. The van der Waals surface area contributed by atoms with Gasteiger partial charge in [0.2, 0.25) is 19.6 Å². The molecule has 35 atom stereocenters. The van der Waals surface area contributed by atoms with Gasteiger partial charge < -0.3 is 20.4 Å². The van der Waals surface area contributed by atoms with E-state index in [2.05, 4.69) is 60.9 Å². The van der Waals surface area contributed by atoms with Crippen molar-refractivity contribution in [2.45, 2.75) is 297 Å². The second kappa shape index (κ2) is 31.7. The van der Waals surface area contributed by atoms with E-state index in [1.165, 1.54) is 43.0 Å². The van der Waals surface area contributed by atoms with Gasteiger partial charge in [0.1, 0.15) is 23.4 Å². The summed E-state index contributed by atoms with van der Waals surface area (Å²) in [5, 5.41) is 90.2. The predicted molar refractivity (Wildman–Crippen MR) is 429 cm³/mol. The second-order valence-corrected chi connectivity index (χ2v) is 44.0. The normalized spacial score (nSPS) is 49.5. The highest BCUT2D eigenvalue weighted by Crippen LogP contribution is 2.71. The van der Waals surface area contributed by atoms with E-state index in [0.717, 1.165) is 171 Å². The van der Waals surface area contributed by atoms with Crippen LogP contribution in [0.25, 0.3) is 0 Å². The molecular formula is C91H137BrN6O14. The quantitative estimate of drug-likeness (QED) is 0.0617. The minimum Gasteiger partial charge on any atom is -0.390 e. The number of nitro groups is 3. The molecule has 16 aliphatic rings. The molecule has 0 bridgehead atoms. The lowest BCUT2D eigenvalue weighted by atomic mass is 9.48. The summed E-state index contributed by atoms with van der Waals surface area (Å²) in [6.45, 7) is 20.6. The molecule has 0 amide bonds. The van der Waals surface area contributed by atoms with Crippen LogP contribution in [0.1, 0.15) is 274 Å². The Bertz CT molecular complexity index is 3770. The standard InChI is InChI=1S/C26H36N4O4.C22H34BrNO4.C22H35NO4.C21H32O2/c1-25(32)7-5-19-17(10-25)3-4-21-20(19)6-8-26(2)22(9-18(24(21)26)14-30(33)34)23(31)15-29-13-16(11-27)12-28-29;1-21(26)7-5-15-13(10-21)3-4-17-16(15)6-8-22(2)18(19(25)11-23)9-14(20(17)22)12-24(27)28;1-13(24)19-10-15(12-23(26)27)20-18-5-4-14-11-21(2,25)8-6-16(14)17(18)7-9-22(19,20)3;1-13(22)18-6-7-19-17-5-4-14-12-20(2,23)10-8-15(14)16(17)9-11-21(18,19)3/h12-13,17-22,24,32H,3-10,14-15H2,1-2H3;13-18,20,26H,3-12H2,1-2H3;14-20,25H,4-12H2,1-3H3;6-7,14-19,23H,4-5,8-12H2,1-3H3/t17-,18?,19+,20-,21-,22-,24+,25-,26-;13-,14?,15+,16-,17-,18-,20+,21-,22-;14-,15?,16+,17-,18-,19-,20+,21-,22-;14-,15+,16-,17-,18-,19+,20-,21-/m1111/s1. The van der Waals surface area contributed by atoms with E-state index in [1.807, 2.05) is 33.8 Å². The third-order valence-electron chi connectivity index (χ3n) is 37.0. The molecule has 622 valence electrons. The molecule has 0 aromatic carbocycles. The number of carbonyl (C=O) groups is 4. The second-order valence-electron chi connectivity index (χ2n) is 43.4. The maximum atomic E-state index is 13.5. The van der Waals surface area contributed by atoms with Crippen molar-refractivity contribution in [3.05, 3.63) is 60.5 Å². The van der Waals surface area contributed by atoms with Crippen LogP contribution in [-0.4, -0.2) is 115 Å². The molecule has 21 heteroatoms. The van der Waals surface area contributed by atoms with E-state index in [1.54, 1.807) is 20.0 Å². The molecule has 3 unspecified atom stereocenters. The Kier molecular flexibility index (Phi) is 23.8. The number of hydrogen-bond donors (Lipinski definition) is 4. The van der Waals surface area contributed by atoms with Crippen LogP contribution in [0, 0.1) is 223 Å². The number of Topliss-reactive ketones (excluding diaryl/α,β-unsaturated/α-hetero) is 4. The number of ketones is 4. The van der Waals surface area contributed by atoms with Crippen LogP contribution in [0.2, 0.25) is 0 Å². The molecule has 15 saturated carbocycles. The van der Waals surface area contributed by atoms with Crippen molar-refractivity contribution in [3.8, 4) is 6.07 Å². The van der Waals surface area contributed by atoms with E-state index >= 15 is 0 Å². The Morgan fingerprint density at radius 3 is 1.12 bits per heavy atom. The van der Waals surface area contributed by atoms with Crippen molar-refractivity contribution in [2.24, 2.45) is 181 Å². The third-order valence-corrected chi connectivity index (χ3v) is 37.5. The fourth-order valence-corrected chi connectivity index (χ4v) is 33.3. The number of hydrogen-bond acceptors (Lipinski definition) is 16. The molecule has 0 aliphatic heterocycles. The molecule has 4 N–H and O–H groups in total. The minimum atomic E-state index is -0.561. The predicted octanol–water partition coefficient (Wildman–Crippen LogP) is 16.8. The average molecular weight is 1620 g/mol. The van der Waals surface area contributed by atoms with Crippen molar-refractivity contribution in [1.29, 1.82) is 5.26 Å². The molecule has 0 saturated heterocycles. The van der Waals surface area contributed by atoms with E-state index in [9.17, 15) is 69.9 Å². The van der Waals surface area contributed by atoms with Gasteiger partial charge in [0.15, 0.2) is 5.78 Å². The van der Waals surface area contributed by atoms with Gasteiger partial charge in [-0.1, -0.05) is 55.8 Å². The monoisotopic (exact) mass is 1620 g/mol. The summed E-state index contributed by atoms with van der Waals surface area (Å²) < 4.78 is 1.53. The Labute approximate surface area is 674 Å². The lowest BCUT2D eigenvalue weighted by Crippen LogP contribution is -2.52. The Hall–Kier alpha value is -4.36. The largest absolute Gasteiger partial charge is 0.390 e. The summed E-state index contributed by atoms with van der Waals surface area (Å²) in [7, 11) is 0. The molecule has 17 rings (SSSR count). The number of fused-ring (bicyclic) bond motifs is 20. The van der Waals surface area contributed by atoms with Crippen LogP contribution in [0.5, 0.6) is 0 Å². The molecule has 16 aliphatic carbocycles. The molecule has 112 heavy (non-hydrogen) atoms.